The Bertz CT molecular complexity index is 648. The first kappa shape index (κ1) is 11.7. The van der Waals surface area contributed by atoms with Crippen molar-refractivity contribution < 1.29 is 9.76 Å². The van der Waals surface area contributed by atoms with E-state index in [1.807, 2.05) is 36.4 Å². The third kappa shape index (κ3) is 1.68. The van der Waals surface area contributed by atoms with Gasteiger partial charge in [0.15, 0.2) is 0 Å². The maximum absolute atomic E-state index is 10.6. The molecular formula is C16H14BNO2. The summed E-state index contributed by atoms with van der Waals surface area (Å²) in [7, 11) is 1.62. The van der Waals surface area contributed by atoms with Crippen LogP contribution >= 0.6 is 0 Å². The maximum atomic E-state index is 10.6. The van der Waals surface area contributed by atoms with Crippen LogP contribution in [0.3, 0.4) is 0 Å². The number of allylic oxidation sites excluding steroid dienone is 2. The number of rotatable bonds is 3. The first-order valence-corrected chi connectivity index (χ1v) is 6.76. The van der Waals surface area contributed by atoms with Crippen LogP contribution in [0.5, 0.6) is 0 Å². The van der Waals surface area contributed by atoms with Gasteiger partial charge in [0, 0.05) is 0 Å². The van der Waals surface area contributed by atoms with E-state index in [4.69, 9.17) is 4.65 Å². The van der Waals surface area contributed by atoms with Gasteiger partial charge in [-0.15, -0.1) is 0 Å². The standard InChI is InChI=1S/C16H14BNO2/c19-16(12-3-4-13(16)6-5-12)10-17-20-15-9-18-14-7-1-11(15)2-8-14/h1-8,10,15,18-19H,9H2. The molecule has 1 aromatic carbocycles. The molecule has 1 unspecified atom stereocenters. The van der Waals surface area contributed by atoms with E-state index in [0.717, 1.165) is 28.9 Å². The molecule has 2 N–H and O–H groups in total. The topological polar surface area (TPSA) is 41.5 Å². The molecule has 0 saturated carbocycles. The molecule has 4 bridgehead atoms. The summed E-state index contributed by atoms with van der Waals surface area (Å²) in [6, 6.07) is 8.22. The van der Waals surface area contributed by atoms with Crippen molar-refractivity contribution in [3.63, 3.8) is 0 Å². The Kier molecular flexibility index (Phi) is 2.47. The van der Waals surface area contributed by atoms with Gasteiger partial charge in [-0.25, -0.2) is 0 Å². The van der Waals surface area contributed by atoms with Gasteiger partial charge in [0.1, 0.15) is 0 Å². The van der Waals surface area contributed by atoms with Gasteiger partial charge in [0.25, 0.3) is 0 Å². The van der Waals surface area contributed by atoms with E-state index in [-0.39, 0.29) is 6.10 Å². The second-order valence-electron chi connectivity index (χ2n) is 5.27. The Hall–Kier alpha value is -2.07. The van der Waals surface area contributed by atoms with E-state index in [1.54, 1.807) is 13.1 Å². The van der Waals surface area contributed by atoms with Crippen LogP contribution in [0.15, 0.2) is 59.7 Å². The van der Waals surface area contributed by atoms with Gasteiger partial charge in [-0.1, -0.05) is 0 Å². The molecule has 0 aromatic heterocycles. The van der Waals surface area contributed by atoms with Crippen molar-refractivity contribution in [1.82, 2.24) is 0 Å². The minimum atomic E-state index is -0.999. The molecule has 4 aliphatic rings. The summed E-state index contributed by atoms with van der Waals surface area (Å²) in [5.74, 6) is 1.72. The van der Waals surface area contributed by atoms with Gasteiger partial charge in [-0.2, -0.15) is 0 Å². The molecule has 1 aromatic rings. The van der Waals surface area contributed by atoms with Gasteiger partial charge < -0.3 is 0 Å². The van der Waals surface area contributed by atoms with Crippen LogP contribution in [0.25, 0.3) is 0 Å². The molecule has 4 heteroatoms. The van der Waals surface area contributed by atoms with Gasteiger partial charge in [0.2, 0.25) is 0 Å². The molecule has 98 valence electrons. The molecule has 2 aliphatic carbocycles. The number of fused-ring (bicyclic) bond motifs is 6. The van der Waals surface area contributed by atoms with Crippen LogP contribution in [0.2, 0.25) is 0 Å². The van der Waals surface area contributed by atoms with E-state index in [0.29, 0.717) is 0 Å². The molecule has 2 aliphatic heterocycles. The average molecular weight is 263 g/mol. The van der Waals surface area contributed by atoms with E-state index in [2.05, 4.69) is 17.4 Å². The monoisotopic (exact) mass is 263 g/mol. The summed E-state index contributed by atoms with van der Waals surface area (Å²) in [6.07, 6.45) is 7.71. The number of hydrogen-bond donors (Lipinski definition) is 2. The van der Waals surface area contributed by atoms with Crippen LogP contribution in [0, 0.1) is 0 Å². The van der Waals surface area contributed by atoms with Crippen molar-refractivity contribution in [2.75, 3.05) is 11.9 Å². The molecule has 0 amide bonds. The number of aliphatic hydroxyl groups is 1. The predicted octanol–water partition coefficient (Wildman–Crippen LogP) is 1.76. The zero-order valence-electron chi connectivity index (χ0n) is 10.9. The third-order valence-corrected chi connectivity index (χ3v) is 4.09. The van der Waals surface area contributed by atoms with E-state index < -0.39 is 5.60 Å². The number of hydrogen-bond acceptors (Lipinski definition) is 3. The summed E-state index contributed by atoms with van der Waals surface area (Å²) in [4.78, 5) is 0. The van der Waals surface area contributed by atoms with Crippen molar-refractivity contribution in [3.05, 3.63) is 65.3 Å². The number of benzene rings is 1. The fourth-order valence-corrected chi connectivity index (χ4v) is 2.84. The Morgan fingerprint density at radius 1 is 1.20 bits per heavy atom. The molecular weight excluding hydrogens is 249 g/mol. The Labute approximate surface area is 118 Å². The SMILES string of the molecule is OC1(C=BOC2CNc3ccc2cc3)C2=CC=C1C=C2. The Morgan fingerprint density at radius 3 is 2.55 bits per heavy atom. The van der Waals surface area contributed by atoms with Crippen LogP contribution in [0.4, 0.5) is 5.69 Å². The second kappa shape index (κ2) is 4.22. The number of nitrogens with one attached hydrogen (secondary N) is 1. The van der Waals surface area contributed by atoms with Gasteiger partial charge in [-0.3, -0.25) is 0 Å². The molecule has 20 heavy (non-hydrogen) atoms. The van der Waals surface area contributed by atoms with E-state index in [9.17, 15) is 5.11 Å². The molecule has 1 atom stereocenters. The van der Waals surface area contributed by atoms with Crippen molar-refractivity contribution >= 4 is 18.8 Å². The van der Waals surface area contributed by atoms with Crippen molar-refractivity contribution in [2.45, 2.75) is 11.7 Å². The summed E-state index contributed by atoms with van der Waals surface area (Å²) in [5, 5.41) is 13.9. The summed E-state index contributed by atoms with van der Waals surface area (Å²) < 4.78 is 5.81. The first-order chi connectivity index (χ1) is 9.75. The molecule has 0 radical (unpaired) electrons. The predicted molar refractivity (Wildman–Crippen MR) is 80.8 cm³/mol. The normalized spacial score (nSPS) is 24.1. The van der Waals surface area contributed by atoms with Crippen LogP contribution in [-0.2, 0) is 4.65 Å². The van der Waals surface area contributed by atoms with Crippen molar-refractivity contribution in [2.24, 2.45) is 0 Å². The molecule has 0 saturated heterocycles. The quantitative estimate of drug-likeness (QED) is 0.816. The fourth-order valence-electron chi connectivity index (χ4n) is 2.84. The minimum absolute atomic E-state index is 0.0303. The number of anilines is 1. The van der Waals surface area contributed by atoms with Crippen LogP contribution < -0.4 is 5.32 Å². The Balaban J connectivity index is 1.49. The molecule has 2 heterocycles. The summed E-state index contributed by atoms with van der Waals surface area (Å²) in [6.45, 7) is 0.733. The molecule has 0 fully saturated rings. The second-order valence-corrected chi connectivity index (χ2v) is 5.27. The fraction of sp³-hybridized carbons (Fsp3) is 0.188. The summed E-state index contributed by atoms with van der Waals surface area (Å²) in [5.41, 5.74) is 3.05. The van der Waals surface area contributed by atoms with Crippen LogP contribution in [-0.4, -0.2) is 30.3 Å². The zero-order valence-corrected chi connectivity index (χ0v) is 10.9. The first-order valence-electron chi connectivity index (χ1n) is 6.76. The van der Waals surface area contributed by atoms with Crippen molar-refractivity contribution in [3.8, 4) is 0 Å². The Morgan fingerprint density at radius 2 is 1.90 bits per heavy atom. The van der Waals surface area contributed by atoms with Gasteiger partial charge >= 0.3 is 117 Å². The molecule has 3 nitrogen and oxygen atoms in total. The van der Waals surface area contributed by atoms with Gasteiger partial charge in [-0.05, 0) is 0 Å². The molecule has 5 rings (SSSR count). The van der Waals surface area contributed by atoms with E-state index in [1.165, 1.54) is 0 Å². The average Bonchev–Trinajstić information content (AvgIpc) is 2.80. The van der Waals surface area contributed by atoms with Crippen molar-refractivity contribution in [1.29, 1.82) is 0 Å². The van der Waals surface area contributed by atoms with Gasteiger partial charge in [0.05, 0.1) is 0 Å². The van der Waals surface area contributed by atoms with Crippen LogP contribution in [0.1, 0.15) is 11.7 Å². The summed E-state index contributed by atoms with van der Waals surface area (Å²) >= 11 is 0. The molecule has 0 spiro atoms. The van der Waals surface area contributed by atoms with E-state index >= 15 is 0 Å². The third-order valence-electron chi connectivity index (χ3n) is 4.09. The zero-order chi connectivity index (χ0) is 13.6.